The zero-order valence-electron chi connectivity index (χ0n) is 12.0. The highest BCUT2D eigenvalue weighted by atomic mass is 16.3. The molecule has 0 aliphatic carbocycles. The lowest BCUT2D eigenvalue weighted by molar-refractivity contribution is 0.0671. The van der Waals surface area contributed by atoms with Gasteiger partial charge in [-0.2, -0.15) is 0 Å². The largest absolute Gasteiger partial charge is 0.391 e. The Labute approximate surface area is 111 Å². The van der Waals surface area contributed by atoms with Crippen molar-refractivity contribution in [2.24, 2.45) is 5.41 Å². The number of aliphatic hydroxyl groups excluding tert-OH is 1. The molecular formula is C16H25NO. The van der Waals surface area contributed by atoms with Crippen LogP contribution in [0, 0.1) is 5.41 Å². The van der Waals surface area contributed by atoms with Crippen LogP contribution in [0.4, 0.5) is 5.69 Å². The molecule has 2 nitrogen and oxygen atoms in total. The lowest BCUT2D eigenvalue weighted by atomic mass is 9.87. The second kappa shape index (κ2) is 4.93. The molecule has 0 saturated carbocycles. The lowest BCUT2D eigenvalue weighted by Gasteiger charge is -2.40. The maximum Gasteiger partial charge on any atom is 0.0763 e. The second-order valence-corrected chi connectivity index (χ2v) is 6.55. The van der Waals surface area contributed by atoms with Crippen LogP contribution in [-0.4, -0.2) is 23.8 Å². The lowest BCUT2D eigenvalue weighted by Crippen LogP contribution is -2.45. The maximum atomic E-state index is 10.3. The minimum atomic E-state index is -0.300. The molecule has 2 rings (SSSR count). The Balaban J connectivity index is 2.22. The highest BCUT2D eigenvalue weighted by molar-refractivity contribution is 5.56. The van der Waals surface area contributed by atoms with E-state index in [0.29, 0.717) is 6.04 Å². The standard InChI is InChI=1S/C16H25NO/c1-12-9-10-13-7-5-6-8-14(13)17(12)11-15(18)16(2,3)4/h5-8,12,15,18H,9-11H2,1-4H3. The summed E-state index contributed by atoms with van der Waals surface area (Å²) in [5.41, 5.74) is 2.66. The van der Waals surface area contributed by atoms with Gasteiger partial charge in [0.05, 0.1) is 6.10 Å². The molecule has 2 unspecified atom stereocenters. The zero-order valence-corrected chi connectivity index (χ0v) is 12.0. The van der Waals surface area contributed by atoms with E-state index in [1.165, 1.54) is 17.7 Å². The summed E-state index contributed by atoms with van der Waals surface area (Å²) in [6.45, 7) is 9.27. The Morgan fingerprint density at radius 3 is 2.67 bits per heavy atom. The first kappa shape index (κ1) is 13.4. The van der Waals surface area contributed by atoms with E-state index in [1.807, 2.05) is 0 Å². The quantitative estimate of drug-likeness (QED) is 0.867. The molecule has 1 heterocycles. The Kier molecular flexibility index (Phi) is 3.67. The minimum absolute atomic E-state index is 0.0634. The molecule has 18 heavy (non-hydrogen) atoms. The van der Waals surface area contributed by atoms with Crippen molar-refractivity contribution in [3.8, 4) is 0 Å². The molecule has 0 amide bonds. The fourth-order valence-corrected chi connectivity index (χ4v) is 2.50. The van der Waals surface area contributed by atoms with Crippen LogP contribution in [0.15, 0.2) is 24.3 Å². The normalized spacial score (nSPS) is 21.6. The van der Waals surface area contributed by atoms with Crippen LogP contribution in [0.3, 0.4) is 0 Å². The number of hydrogen-bond donors (Lipinski definition) is 1. The molecule has 0 bridgehead atoms. The summed E-state index contributed by atoms with van der Waals surface area (Å²) in [6.07, 6.45) is 2.03. The number of hydrogen-bond acceptors (Lipinski definition) is 2. The third kappa shape index (κ3) is 2.69. The highest BCUT2D eigenvalue weighted by Crippen LogP contribution is 2.32. The van der Waals surface area contributed by atoms with Crippen molar-refractivity contribution in [2.45, 2.75) is 52.7 Å². The van der Waals surface area contributed by atoms with Gasteiger partial charge in [0.2, 0.25) is 0 Å². The van der Waals surface area contributed by atoms with E-state index in [0.717, 1.165) is 13.0 Å². The van der Waals surface area contributed by atoms with Crippen LogP contribution in [0.5, 0.6) is 0 Å². The summed E-state index contributed by atoms with van der Waals surface area (Å²) in [6, 6.07) is 9.09. The molecule has 1 aromatic carbocycles. The molecule has 0 aromatic heterocycles. The van der Waals surface area contributed by atoms with E-state index >= 15 is 0 Å². The smallest absolute Gasteiger partial charge is 0.0763 e. The molecular weight excluding hydrogens is 222 g/mol. The molecule has 1 N–H and O–H groups in total. The SMILES string of the molecule is CC1CCc2ccccc2N1CC(O)C(C)(C)C. The number of nitrogens with zero attached hydrogens (tertiary/aromatic N) is 1. The van der Waals surface area contributed by atoms with Crippen LogP contribution in [0.25, 0.3) is 0 Å². The molecule has 0 saturated heterocycles. The molecule has 100 valence electrons. The summed E-state index contributed by atoms with van der Waals surface area (Å²) < 4.78 is 0. The van der Waals surface area contributed by atoms with Crippen molar-refractivity contribution >= 4 is 5.69 Å². The Hall–Kier alpha value is -1.02. The van der Waals surface area contributed by atoms with E-state index in [-0.39, 0.29) is 11.5 Å². The van der Waals surface area contributed by atoms with Gasteiger partial charge in [-0.05, 0) is 36.8 Å². The van der Waals surface area contributed by atoms with E-state index in [2.05, 4.69) is 56.9 Å². The summed E-state index contributed by atoms with van der Waals surface area (Å²) in [7, 11) is 0. The third-order valence-electron chi connectivity index (χ3n) is 4.03. The van der Waals surface area contributed by atoms with Crippen LogP contribution < -0.4 is 4.90 Å². The van der Waals surface area contributed by atoms with Crippen LogP contribution in [0.2, 0.25) is 0 Å². The van der Waals surface area contributed by atoms with Gasteiger partial charge in [0.25, 0.3) is 0 Å². The third-order valence-corrected chi connectivity index (χ3v) is 4.03. The molecule has 2 atom stereocenters. The van der Waals surface area contributed by atoms with Crippen LogP contribution in [-0.2, 0) is 6.42 Å². The van der Waals surface area contributed by atoms with Crippen molar-refractivity contribution in [3.05, 3.63) is 29.8 Å². The van der Waals surface area contributed by atoms with E-state index in [4.69, 9.17) is 0 Å². The highest BCUT2D eigenvalue weighted by Gasteiger charge is 2.29. The number of aliphatic hydroxyl groups is 1. The van der Waals surface area contributed by atoms with Gasteiger partial charge in [-0.15, -0.1) is 0 Å². The maximum absolute atomic E-state index is 10.3. The van der Waals surface area contributed by atoms with Gasteiger partial charge < -0.3 is 10.0 Å². The average molecular weight is 247 g/mol. The van der Waals surface area contributed by atoms with Gasteiger partial charge in [-0.3, -0.25) is 0 Å². The Morgan fingerprint density at radius 2 is 2.00 bits per heavy atom. The molecule has 0 radical (unpaired) electrons. The number of fused-ring (bicyclic) bond motifs is 1. The van der Waals surface area contributed by atoms with Crippen LogP contribution in [0.1, 0.15) is 39.7 Å². The number of β-amino-alcohol motifs (C(OH)–C–C–N with tert-alkyl or cyclic N) is 1. The Bertz CT molecular complexity index is 408. The molecule has 0 spiro atoms. The number of anilines is 1. The number of benzene rings is 1. The summed E-state index contributed by atoms with van der Waals surface area (Å²) in [5, 5.41) is 10.3. The Morgan fingerprint density at radius 1 is 1.33 bits per heavy atom. The minimum Gasteiger partial charge on any atom is -0.391 e. The topological polar surface area (TPSA) is 23.5 Å². The van der Waals surface area contributed by atoms with E-state index in [1.54, 1.807) is 0 Å². The molecule has 2 heteroatoms. The number of rotatable bonds is 2. The zero-order chi connectivity index (χ0) is 13.3. The molecule has 0 fully saturated rings. The summed E-state index contributed by atoms with van der Waals surface area (Å²) in [5.74, 6) is 0. The van der Waals surface area contributed by atoms with Crippen molar-refractivity contribution in [1.82, 2.24) is 0 Å². The van der Waals surface area contributed by atoms with E-state index in [9.17, 15) is 5.11 Å². The van der Waals surface area contributed by atoms with Gasteiger partial charge >= 0.3 is 0 Å². The van der Waals surface area contributed by atoms with Crippen molar-refractivity contribution in [2.75, 3.05) is 11.4 Å². The predicted molar refractivity (Wildman–Crippen MR) is 77.0 cm³/mol. The number of para-hydroxylation sites is 1. The van der Waals surface area contributed by atoms with Crippen LogP contribution >= 0.6 is 0 Å². The average Bonchev–Trinajstić information content (AvgIpc) is 2.31. The fourth-order valence-electron chi connectivity index (χ4n) is 2.50. The first-order valence-electron chi connectivity index (χ1n) is 6.92. The predicted octanol–water partition coefficient (Wildman–Crippen LogP) is 3.23. The van der Waals surface area contributed by atoms with Crippen molar-refractivity contribution in [1.29, 1.82) is 0 Å². The molecule has 1 aliphatic rings. The van der Waals surface area contributed by atoms with Gasteiger partial charge in [-0.1, -0.05) is 39.0 Å². The monoisotopic (exact) mass is 247 g/mol. The summed E-state index contributed by atoms with van der Waals surface area (Å²) >= 11 is 0. The second-order valence-electron chi connectivity index (χ2n) is 6.55. The fraction of sp³-hybridized carbons (Fsp3) is 0.625. The first-order chi connectivity index (χ1) is 8.39. The van der Waals surface area contributed by atoms with Gasteiger partial charge in [-0.25, -0.2) is 0 Å². The summed E-state index contributed by atoms with van der Waals surface area (Å²) in [4.78, 5) is 2.37. The first-order valence-corrected chi connectivity index (χ1v) is 6.92. The van der Waals surface area contributed by atoms with Gasteiger partial charge in [0.15, 0.2) is 0 Å². The molecule has 1 aliphatic heterocycles. The van der Waals surface area contributed by atoms with Gasteiger partial charge in [0.1, 0.15) is 0 Å². The van der Waals surface area contributed by atoms with Gasteiger partial charge in [0, 0.05) is 18.3 Å². The van der Waals surface area contributed by atoms with Crippen molar-refractivity contribution < 1.29 is 5.11 Å². The number of aryl methyl sites for hydroxylation is 1. The van der Waals surface area contributed by atoms with Crippen molar-refractivity contribution in [3.63, 3.8) is 0 Å². The van der Waals surface area contributed by atoms with E-state index < -0.39 is 0 Å². The molecule has 1 aromatic rings.